The van der Waals surface area contributed by atoms with E-state index in [1.54, 1.807) is 0 Å². The molecule has 1 aromatic heterocycles. The summed E-state index contributed by atoms with van der Waals surface area (Å²) in [6.45, 7) is 0. The maximum absolute atomic E-state index is 12.1. The minimum atomic E-state index is -3.64. The van der Waals surface area contributed by atoms with Gasteiger partial charge in [0.05, 0.1) is 22.4 Å². The monoisotopic (exact) mass is 345 g/mol. The number of aromatic nitrogens is 1. The first-order valence-corrected chi connectivity index (χ1v) is 7.48. The number of halogens is 1. The SMILES string of the molecule is O=C(O)c1cc(S(=O)(=O)Cc2cnoc2)ccc1Br. The van der Waals surface area contributed by atoms with Crippen LogP contribution in [0.5, 0.6) is 0 Å². The molecule has 0 aliphatic heterocycles. The van der Waals surface area contributed by atoms with Gasteiger partial charge in [0, 0.05) is 10.0 Å². The first-order valence-electron chi connectivity index (χ1n) is 5.04. The molecule has 2 rings (SSSR count). The minimum absolute atomic E-state index is 0.0608. The Kier molecular flexibility index (Phi) is 3.72. The van der Waals surface area contributed by atoms with Crippen LogP contribution in [-0.4, -0.2) is 24.7 Å². The van der Waals surface area contributed by atoms with Gasteiger partial charge in [-0.2, -0.15) is 0 Å². The summed E-state index contributed by atoms with van der Waals surface area (Å²) in [4.78, 5) is 10.9. The summed E-state index contributed by atoms with van der Waals surface area (Å²) in [5.74, 6) is -1.49. The zero-order valence-electron chi connectivity index (χ0n) is 9.41. The molecule has 0 amide bonds. The molecule has 0 radical (unpaired) electrons. The Balaban J connectivity index is 2.41. The molecule has 100 valence electrons. The van der Waals surface area contributed by atoms with Gasteiger partial charge in [0.25, 0.3) is 0 Å². The maximum Gasteiger partial charge on any atom is 0.336 e. The Bertz CT molecular complexity index is 709. The fraction of sp³-hybridized carbons (Fsp3) is 0.0909. The second kappa shape index (κ2) is 5.14. The maximum atomic E-state index is 12.1. The van der Waals surface area contributed by atoms with Crippen molar-refractivity contribution in [3.05, 3.63) is 46.3 Å². The molecule has 1 heterocycles. The fourth-order valence-corrected chi connectivity index (χ4v) is 3.20. The molecule has 19 heavy (non-hydrogen) atoms. The van der Waals surface area contributed by atoms with Gasteiger partial charge in [-0.05, 0) is 34.1 Å². The molecule has 0 unspecified atom stereocenters. The molecule has 0 aliphatic carbocycles. The molecule has 0 bridgehead atoms. The topological polar surface area (TPSA) is 97.5 Å². The second-order valence-corrected chi connectivity index (χ2v) is 6.58. The summed E-state index contributed by atoms with van der Waals surface area (Å²) in [5.41, 5.74) is 0.297. The van der Waals surface area contributed by atoms with Gasteiger partial charge in [-0.3, -0.25) is 0 Å². The predicted octanol–water partition coefficient (Wildman–Crippen LogP) is 2.11. The van der Waals surface area contributed by atoms with Gasteiger partial charge in [0.15, 0.2) is 9.84 Å². The van der Waals surface area contributed by atoms with E-state index >= 15 is 0 Å². The van der Waals surface area contributed by atoms with Crippen LogP contribution in [0.4, 0.5) is 0 Å². The third-order valence-corrected chi connectivity index (χ3v) is 4.74. The van der Waals surface area contributed by atoms with Gasteiger partial charge >= 0.3 is 5.97 Å². The highest BCUT2D eigenvalue weighted by Crippen LogP contribution is 2.23. The Morgan fingerprint density at radius 1 is 1.42 bits per heavy atom. The van der Waals surface area contributed by atoms with Crippen molar-refractivity contribution < 1.29 is 22.8 Å². The lowest BCUT2D eigenvalue weighted by Crippen LogP contribution is -2.07. The number of nitrogens with zero attached hydrogens (tertiary/aromatic N) is 1. The highest BCUT2D eigenvalue weighted by molar-refractivity contribution is 9.10. The third kappa shape index (κ3) is 3.02. The first-order chi connectivity index (χ1) is 8.90. The smallest absolute Gasteiger partial charge is 0.336 e. The summed E-state index contributed by atoms with van der Waals surface area (Å²) in [6, 6.07) is 3.86. The molecule has 0 aliphatic rings. The summed E-state index contributed by atoms with van der Waals surface area (Å²) < 4.78 is 29.1. The highest BCUT2D eigenvalue weighted by Gasteiger charge is 2.19. The van der Waals surface area contributed by atoms with E-state index in [1.165, 1.54) is 24.6 Å². The summed E-state index contributed by atoms with van der Waals surface area (Å²) in [6.07, 6.45) is 2.53. The van der Waals surface area contributed by atoms with Gasteiger partial charge < -0.3 is 9.63 Å². The van der Waals surface area contributed by atoms with Crippen LogP contribution in [0.1, 0.15) is 15.9 Å². The number of sulfone groups is 1. The van der Waals surface area contributed by atoms with Crippen molar-refractivity contribution in [2.75, 3.05) is 0 Å². The summed E-state index contributed by atoms with van der Waals surface area (Å²) >= 11 is 3.06. The molecule has 1 N–H and O–H groups in total. The molecule has 1 aromatic carbocycles. The van der Waals surface area contributed by atoms with Crippen LogP contribution in [0, 0.1) is 0 Å². The lowest BCUT2D eigenvalue weighted by Gasteiger charge is -2.05. The minimum Gasteiger partial charge on any atom is -0.478 e. The highest BCUT2D eigenvalue weighted by atomic mass is 79.9. The average molecular weight is 346 g/mol. The Hall–Kier alpha value is -1.67. The van der Waals surface area contributed by atoms with E-state index in [-0.39, 0.29) is 16.2 Å². The third-order valence-electron chi connectivity index (χ3n) is 2.37. The molecule has 8 heteroatoms. The normalized spacial score (nSPS) is 11.4. The van der Waals surface area contributed by atoms with E-state index in [2.05, 4.69) is 25.6 Å². The van der Waals surface area contributed by atoms with Crippen LogP contribution in [0.2, 0.25) is 0 Å². The number of carboxylic acid groups (broad SMARTS) is 1. The molecule has 0 spiro atoms. The van der Waals surface area contributed by atoms with Crippen molar-refractivity contribution in [2.24, 2.45) is 0 Å². The molecule has 0 fully saturated rings. The lowest BCUT2D eigenvalue weighted by atomic mass is 10.2. The fourth-order valence-electron chi connectivity index (χ4n) is 1.46. The van der Waals surface area contributed by atoms with Crippen LogP contribution in [0.3, 0.4) is 0 Å². The molecule has 2 aromatic rings. The van der Waals surface area contributed by atoms with E-state index in [0.29, 0.717) is 10.0 Å². The van der Waals surface area contributed by atoms with Crippen molar-refractivity contribution in [3.8, 4) is 0 Å². The standard InChI is InChI=1S/C11H8BrNO5S/c12-10-2-1-8(3-9(10)11(14)15)19(16,17)6-7-4-13-18-5-7/h1-5H,6H2,(H,14,15). The van der Waals surface area contributed by atoms with E-state index in [9.17, 15) is 13.2 Å². The molecule has 0 saturated heterocycles. The zero-order valence-corrected chi connectivity index (χ0v) is 11.8. The number of rotatable bonds is 4. The van der Waals surface area contributed by atoms with Crippen LogP contribution >= 0.6 is 15.9 Å². The number of hydrogen-bond donors (Lipinski definition) is 1. The van der Waals surface area contributed by atoms with Gasteiger partial charge in [-0.25, -0.2) is 13.2 Å². The van der Waals surface area contributed by atoms with Crippen molar-refractivity contribution >= 4 is 31.7 Å². The van der Waals surface area contributed by atoms with E-state index in [4.69, 9.17) is 5.11 Å². The second-order valence-electron chi connectivity index (χ2n) is 3.74. The molecular formula is C11H8BrNO5S. The molecule has 0 saturated carbocycles. The van der Waals surface area contributed by atoms with Crippen molar-refractivity contribution in [3.63, 3.8) is 0 Å². The van der Waals surface area contributed by atoms with Crippen LogP contribution in [0.15, 0.2) is 44.6 Å². The number of carbonyl (C=O) groups is 1. The van der Waals surface area contributed by atoms with Crippen molar-refractivity contribution in [2.45, 2.75) is 10.6 Å². The summed E-state index contributed by atoms with van der Waals surface area (Å²) in [7, 11) is -3.64. The first kappa shape index (κ1) is 13.8. The van der Waals surface area contributed by atoms with Crippen LogP contribution in [0.25, 0.3) is 0 Å². The Morgan fingerprint density at radius 2 is 2.16 bits per heavy atom. The average Bonchev–Trinajstić information content (AvgIpc) is 2.80. The molecular weight excluding hydrogens is 338 g/mol. The van der Waals surface area contributed by atoms with E-state index < -0.39 is 15.8 Å². The largest absolute Gasteiger partial charge is 0.478 e. The van der Waals surface area contributed by atoms with E-state index in [0.717, 1.165) is 6.07 Å². The quantitative estimate of drug-likeness (QED) is 0.911. The molecule has 0 atom stereocenters. The van der Waals surface area contributed by atoms with Crippen LogP contribution < -0.4 is 0 Å². The number of benzene rings is 1. The Labute approximate surface area is 117 Å². The van der Waals surface area contributed by atoms with E-state index in [1.807, 2.05) is 0 Å². The van der Waals surface area contributed by atoms with Gasteiger partial charge in [-0.15, -0.1) is 0 Å². The van der Waals surface area contributed by atoms with Crippen LogP contribution in [-0.2, 0) is 15.6 Å². The summed E-state index contributed by atoms with van der Waals surface area (Å²) in [5, 5.41) is 12.4. The van der Waals surface area contributed by atoms with Gasteiger partial charge in [0.2, 0.25) is 0 Å². The Morgan fingerprint density at radius 3 is 2.74 bits per heavy atom. The van der Waals surface area contributed by atoms with Crippen molar-refractivity contribution in [1.82, 2.24) is 5.16 Å². The predicted molar refractivity (Wildman–Crippen MR) is 68.5 cm³/mol. The zero-order chi connectivity index (χ0) is 14.0. The molecule has 6 nitrogen and oxygen atoms in total. The van der Waals surface area contributed by atoms with Gasteiger partial charge in [-0.1, -0.05) is 5.16 Å². The van der Waals surface area contributed by atoms with Gasteiger partial charge in [0.1, 0.15) is 6.26 Å². The number of hydrogen-bond acceptors (Lipinski definition) is 5. The lowest BCUT2D eigenvalue weighted by molar-refractivity contribution is 0.0695. The number of carboxylic acids is 1. The number of aromatic carboxylic acids is 1. The van der Waals surface area contributed by atoms with Crippen molar-refractivity contribution in [1.29, 1.82) is 0 Å².